The van der Waals surface area contributed by atoms with E-state index in [-0.39, 0.29) is 0 Å². The van der Waals surface area contributed by atoms with Gasteiger partial charge in [-0.15, -0.1) is 11.3 Å². The highest BCUT2D eigenvalue weighted by Crippen LogP contribution is 2.25. The molecule has 0 aliphatic carbocycles. The molecule has 1 aromatic heterocycles. The van der Waals surface area contributed by atoms with Gasteiger partial charge in [-0.05, 0) is 24.6 Å². The van der Waals surface area contributed by atoms with Crippen molar-refractivity contribution in [2.45, 2.75) is 19.3 Å². The molecule has 3 nitrogen and oxygen atoms in total. The van der Waals surface area contributed by atoms with E-state index in [4.69, 9.17) is 11.6 Å². The van der Waals surface area contributed by atoms with Crippen molar-refractivity contribution in [2.24, 2.45) is 0 Å². The summed E-state index contributed by atoms with van der Waals surface area (Å²) in [7, 11) is 0. The Kier molecular flexibility index (Phi) is 3.99. The molecule has 0 spiro atoms. The molecule has 0 fully saturated rings. The number of carboxylic acid groups (broad SMARTS) is 1. The normalized spacial score (nSPS) is 12.3. The van der Waals surface area contributed by atoms with Crippen molar-refractivity contribution in [2.75, 3.05) is 0 Å². The van der Waals surface area contributed by atoms with Crippen molar-refractivity contribution in [3.05, 3.63) is 50.9 Å². The summed E-state index contributed by atoms with van der Waals surface area (Å²) < 4.78 is 0. The highest BCUT2D eigenvalue weighted by atomic mass is 35.5. The summed E-state index contributed by atoms with van der Waals surface area (Å²) in [6, 6.07) is 6.98. The molecule has 18 heavy (non-hydrogen) atoms. The number of aliphatic carboxylic acids is 1. The van der Waals surface area contributed by atoms with Gasteiger partial charge in [0.1, 0.15) is 0 Å². The van der Waals surface area contributed by atoms with Gasteiger partial charge in [0, 0.05) is 22.5 Å². The lowest BCUT2D eigenvalue weighted by atomic mass is 9.96. The third-order valence-electron chi connectivity index (χ3n) is 2.59. The molecule has 0 amide bonds. The molecular formula is C13H12ClNO2S. The smallest absolute Gasteiger partial charge is 0.311 e. The monoisotopic (exact) mass is 281 g/mol. The average molecular weight is 282 g/mol. The second-order valence-electron chi connectivity index (χ2n) is 4.03. The molecule has 0 aliphatic rings. The van der Waals surface area contributed by atoms with Crippen molar-refractivity contribution >= 4 is 28.9 Å². The van der Waals surface area contributed by atoms with E-state index in [1.165, 1.54) is 11.3 Å². The fourth-order valence-corrected chi connectivity index (χ4v) is 2.76. The fraction of sp³-hybridized carbons (Fsp3) is 0.231. The summed E-state index contributed by atoms with van der Waals surface area (Å²) >= 11 is 7.38. The zero-order chi connectivity index (χ0) is 13.1. The quantitative estimate of drug-likeness (QED) is 0.933. The summed E-state index contributed by atoms with van der Waals surface area (Å²) in [5, 5.41) is 12.6. The second-order valence-corrected chi connectivity index (χ2v) is 5.41. The predicted octanol–water partition coefficient (Wildman–Crippen LogP) is 3.52. The van der Waals surface area contributed by atoms with Crippen LogP contribution in [0.1, 0.15) is 22.2 Å². The van der Waals surface area contributed by atoms with Crippen LogP contribution in [-0.2, 0) is 11.2 Å². The van der Waals surface area contributed by atoms with Crippen LogP contribution < -0.4 is 0 Å². The van der Waals surface area contributed by atoms with Gasteiger partial charge in [0.25, 0.3) is 0 Å². The SMILES string of the molecule is Cc1csc(CC(C(=O)O)c2cccc(Cl)c2)n1. The zero-order valence-electron chi connectivity index (χ0n) is 9.76. The lowest BCUT2D eigenvalue weighted by molar-refractivity contribution is -0.138. The molecular weight excluding hydrogens is 270 g/mol. The minimum atomic E-state index is -0.856. The molecule has 1 aromatic carbocycles. The van der Waals surface area contributed by atoms with Crippen molar-refractivity contribution in [1.82, 2.24) is 4.98 Å². The topological polar surface area (TPSA) is 50.2 Å². The van der Waals surface area contributed by atoms with Crippen molar-refractivity contribution in [1.29, 1.82) is 0 Å². The Bertz CT molecular complexity index is 568. The molecule has 0 bridgehead atoms. The molecule has 2 aromatic rings. The van der Waals surface area contributed by atoms with Gasteiger partial charge in [-0.3, -0.25) is 4.79 Å². The van der Waals surface area contributed by atoms with Crippen LogP contribution in [0.25, 0.3) is 0 Å². The molecule has 0 saturated heterocycles. The molecule has 1 N–H and O–H groups in total. The van der Waals surface area contributed by atoms with Crippen LogP contribution in [0.15, 0.2) is 29.6 Å². The van der Waals surface area contributed by atoms with Gasteiger partial charge in [0.2, 0.25) is 0 Å². The maximum Gasteiger partial charge on any atom is 0.311 e. The van der Waals surface area contributed by atoms with Crippen molar-refractivity contribution < 1.29 is 9.90 Å². The molecule has 0 radical (unpaired) electrons. The van der Waals surface area contributed by atoms with E-state index in [0.717, 1.165) is 10.7 Å². The van der Waals surface area contributed by atoms with E-state index in [2.05, 4.69) is 4.98 Å². The van der Waals surface area contributed by atoms with E-state index in [1.807, 2.05) is 12.3 Å². The van der Waals surface area contributed by atoms with E-state index in [0.29, 0.717) is 17.0 Å². The number of nitrogens with zero attached hydrogens (tertiary/aromatic N) is 1. The Labute approximate surface area is 114 Å². The van der Waals surface area contributed by atoms with Crippen LogP contribution in [0.3, 0.4) is 0 Å². The number of rotatable bonds is 4. The van der Waals surface area contributed by atoms with Crippen molar-refractivity contribution in [3.63, 3.8) is 0 Å². The first-order valence-electron chi connectivity index (χ1n) is 5.45. The van der Waals surface area contributed by atoms with Gasteiger partial charge in [0.15, 0.2) is 0 Å². The summed E-state index contributed by atoms with van der Waals surface area (Å²) in [5.41, 5.74) is 1.63. The molecule has 1 atom stereocenters. The van der Waals surface area contributed by atoms with Gasteiger partial charge in [0.05, 0.1) is 10.9 Å². The van der Waals surface area contributed by atoms with Gasteiger partial charge in [-0.2, -0.15) is 0 Å². The summed E-state index contributed by atoms with van der Waals surface area (Å²) in [4.78, 5) is 15.7. The Balaban J connectivity index is 2.26. The first kappa shape index (κ1) is 13.1. The van der Waals surface area contributed by atoms with Crippen LogP contribution in [0.4, 0.5) is 0 Å². The number of carbonyl (C=O) groups is 1. The number of thiazole rings is 1. The largest absolute Gasteiger partial charge is 0.481 e. The summed E-state index contributed by atoms with van der Waals surface area (Å²) in [5.74, 6) is -1.46. The number of hydrogen-bond donors (Lipinski definition) is 1. The third-order valence-corrected chi connectivity index (χ3v) is 3.82. The van der Waals surface area contributed by atoms with Crippen molar-refractivity contribution in [3.8, 4) is 0 Å². The lowest BCUT2D eigenvalue weighted by Crippen LogP contribution is -2.14. The molecule has 5 heteroatoms. The maximum atomic E-state index is 11.4. The van der Waals surface area contributed by atoms with Crippen LogP contribution in [0.2, 0.25) is 5.02 Å². The molecule has 94 valence electrons. The standard InChI is InChI=1S/C13H12ClNO2S/c1-8-7-18-12(15-8)6-11(13(16)17)9-3-2-4-10(14)5-9/h2-5,7,11H,6H2,1H3,(H,16,17). The molecule has 0 saturated carbocycles. The van der Waals surface area contributed by atoms with Crippen LogP contribution in [0, 0.1) is 6.92 Å². The maximum absolute atomic E-state index is 11.4. The summed E-state index contributed by atoms with van der Waals surface area (Å²) in [6.07, 6.45) is 0.397. The Morgan fingerprint density at radius 3 is 2.89 bits per heavy atom. The number of aromatic nitrogens is 1. The number of halogens is 1. The van der Waals surface area contributed by atoms with E-state index >= 15 is 0 Å². The highest BCUT2D eigenvalue weighted by Gasteiger charge is 2.21. The summed E-state index contributed by atoms with van der Waals surface area (Å²) in [6.45, 7) is 1.90. The molecule has 2 rings (SSSR count). The van der Waals surface area contributed by atoms with Crippen LogP contribution >= 0.6 is 22.9 Å². The van der Waals surface area contributed by atoms with Gasteiger partial charge < -0.3 is 5.11 Å². The van der Waals surface area contributed by atoms with Gasteiger partial charge in [-0.1, -0.05) is 23.7 Å². The lowest BCUT2D eigenvalue weighted by Gasteiger charge is -2.11. The molecule has 1 heterocycles. The second kappa shape index (κ2) is 5.50. The first-order valence-corrected chi connectivity index (χ1v) is 6.71. The van der Waals surface area contributed by atoms with E-state index in [1.54, 1.807) is 24.3 Å². The zero-order valence-corrected chi connectivity index (χ0v) is 11.3. The Morgan fingerprint density at radius 1 is 1.56 bits per heavy atom. The number of hydrogen-bond acceptors (Lipinski definition) is 3. The number of aryl methyl sites for hydroxylation is 1. The molecule has 1 unspecified atom stereocenters. The van der Waals surface area contributed by atoms with Crippen LogP contribution in [-0.4, -0.2) is 16.1 Å². The Morgan fingerprint density at radius 2 is 2.33 bits per heavy atom. The predicted molar refractivity (Wildman–Crippen MR) is 72.4 cm³/mol. The Hall–Kier alpha value is -1.39. The van der Waals surface area contributed by atoms with Gasteiger partial charge >= 0.3 is 5.97 Å². The third kappa shape index (κ3) is 3.09. The number of benzene rings is 1. The highest BCUT2D eigenvalue weighted by molar-refractivity contribution is 7.09. The van der Waals surface area contributed by atoms with E-state index < -0.39 is 11.9 Å². The first-order chi connectivity index (χ1) is 8.56. The van der Waals surface area contributed by atoms with Gasteiger partial charge in [-0.25, -0.2) is 4.98 Å². The minimum absolute atomic E-state index is 0.397. The van der Waals surface area contributed by atoms with E-state index in [9.17, 15) is 9.90 Å². The molecule has 0 aliphatic heterocycles. The minimum Gasteiger partial charge on any atom is -0.481 e. The fourth-order valence-electron chi connectivity index (χ4n) is 1.74. The number of carboxylic acids is 1. The average Bonchev–Trinajstić information content (AvgIpc) is 2.71. The van der Waals surface area contributed by atoms with Crippen LogP contribution in [0.5, 0.6) is 0 Å².